The van der Waals surface area contributed by atoms with Gasteiger partial charge in [0.25, 0.3) is 0 Å². The summed E-state index contributed by atoms with van der Waals surface area (Å²) in [6.45, 7) is 6.55. The number of nitrogens with two attached hydrogens (primary N) is 1. The van der Waals surface area contributed by atoms with Gasteiger partial charge in [0.1, 0.15) is 0 Å². The van der Waals surface area contributed by atoms with Crippen LogP contribution in [0.5, 0.6) is 0 Å². The van der Waals surface area contributed by atoms with Gasteiger partial charge in [0.2, 0.25) is 0 Å². The molecule has 1 fully saturated rings. The Morgan fingerprint density at radius 3 is 2.95 bits per heavy atom. The van der Waals surface area contributed by atoms with Crippen molar-refractivity contribution in [1.29, 1.82) is 0 Å². The molecule has 1 aliphatic rings. The third kappa shape index (κ3) is 3.42. The molecular formula is C15H23N3O2. The quantitative estimate of drug-likeness (QED) is 0.634. The summed E-state index contributed by atoms with van der Waals surface area (Å²) in [7, 11) is 1.37. The lowest BCUT2D eigenvalue weighted by molar-refractivity contribution is 0.0601. The monoisotopic (exact) mass is 277 g/mol. The molecule has 2 rings (SSSR count). The number of methoxy groups -OCH3 is 1. The number of carbonyl (C=O) groups excluding carboxylic acids is 1. The van der Waals surface area contributed by atoms with Crippen LogP contribution < -0.4 is 11.1 Å². The first kappa shape index (κ1) is 14.7. The highest BCUT2D eigenvalue weighted by molar-refractivity contribution is 5.91. The van der Waals surface area contributed by atoms with Crippen molar-refractivity contribution in [2.24, 2.45) is 5.92 Å². The molecule has 0 amide bonds. The molecule has 0 spiro atoms. The summed E-state index contributed by atoms with van der Waals surface area (Å²) in [6.07, 6.45) is 1.22. The third-order valence-electron chi connectivity index (χ3n) is 3.87. The summed E-state index contributed by atoms with van der Waals surface area (Å²) in [5, 5.41) is 3.38. The van der Waals surface area contributed by atoms with E-state index in [0.717, 1.165) is 25.3 Å². The number of benzene rings is 1. The van der Waals surface area contributed by atoms with Crippen molar-refractivity contribution in [2.75, 3.05) is 44.3 Å². The van der Waals surface area contributed by atoms with E-state index in [1.54, 1.807) is 12.1 Å². The van der Waals surface area contributed by atoms with Gasteiger partial charge in [0.05, 0.1) is 24.0 Å². The summed E-state index contributed by atoms with van der Waals surface area (Å²) in [5.74, 6) is 0.298. The second-order valence-electron chi connectivity index (χ2n) is 5.22. The molecule has 0 saturated carbocycles. The molecule has 5 nitrogen and oxygen atoms in total. The molecule has 1 aliphatic heterocycles. The van der Waals surface area contributed by atoms with Crippen LogP contribution in [-0.2, 0) is 4.74 Å². The number of nitrogen functional groups attached to an aromatic ring is 1. The second-order valence-corrected chi connectivity index (χ2v) is 5.22. The fourth-order valence-corrected chi connectivity index (χ4v) is 2.59. The van der Waals surface area contributed by atoms with Gasteiger partial charge in [-0.3, -0.25) is 0 Å². The van der Waals surface area contributed by atoms with Crippen LogP contribution >= 0.6 is 0 Å². The largest absolute Gasteiger partial charge is 0.465 e. The maximum atomic E-state index is 11.4. The zero-order valence-electron chi connectivity index (χ0n) is 12.2. The Hall–Kier alpha value is -1.75. The average molecular weight is 277 g/mol. The molecule has 1 saturated heterocycles. The number of likely N-dealkylation sites (tertiary alicyclic amines) is 1. The number of anilines is 2. The van der Waals surface area contributed by atoms with E-state index in [2.05, 4.69) is 21.9 Å². The SMILES string of the molecule is CCN1CCC(CNc2ccc(C(=O)OC)cc2N)C1. The van der Waals surface area contributed by atoms with Crippen molar-refractivity contribution >= 4 is 17.3 Å². The van der Waals surface area contributed by atoms with Crippen molar-refractivity contribution in [1.82, 2.24) is 4.90 Å². The molecule has 0 aromatic heterocycles. The van der Waals surface area contributed by atoms with Crippen molar-refractivity contribution in [2.45, 2.75) is 13.3 Å². The number of nitrogens with one attached hydrogen (secondary N) is 1. The molecule has 1 atom stereocenters. The van der Waals surface area contributed by atoms with Gasteiger partial charge < -0.3 is 20.7 Å². The van der Waals surface area contributed by atoms with Crippen LogP contribution in [0.25, 0.3) is 0 Å². The van der Waals surface area contributed by atoms with Crippen LogP contribution in [0.2, 0.25) is 0 Å². The number of carbonyl (C=O) groups is 1. The molecule has 3 N–H and O–H groups in total. The first-order chi connectivity index (χ1) is 9.63. The van der Waals surface area contributed by atoms with E-state index in [1.807, 2.05) is 6.07 Å². The fourth-order valence-electron chi connectivity index (χ4n) is 2.59. The summed E-state index contributed by atoms with van der Waals surface area (Å²) in [5.41, 5.74) is 7.92. The Morgan fingerprint density at radius 1 is 1.55 bits per heavy atom. The smallest absolute Gasteiger partial charge is 0.337 e. The molecule has 110 valence electrons. The van der Waals surface area contributed by atoms with Crippen molar-refractivity contribution in [3.05, 3.63) is 23.8 Å². The average Bonchev–Trinajstić information content (AvgIpc) is 2.93. The number of nitrogens with zero attached hydrogens (tertiary/aromatic N) is 1. The van der Waals surface area contributed by atoms with E-state index in [9.17, 15) is 4.79 Å². The summed E-state index contributed by atoms with van der Waals surface area (Å²) >= 11 is 0. The molecule has 1 aromatic carbocycles. The lowest BCUT2D eigenvalue weighted by Gasteiger charge is -2.15. The maximum Gasteiger partial charge on any atom is 0.337 e. The van der Waals surface area contributed by atoms with Gasteiger partial charge in [-0.2, -0.15) is 0 Å². The van der Waals surface area contributed by atoms with Crippen LogP contribution in [0.15, 0.2) is 18.2 Å². The Bertz CT molecular complexity index is 476. The highest BCUT2D eigenvalue weighted by atomic mass is 16.5. The van der Waals surface area contributed by atoms with E-state index in [-0.39, 0.29) is 5.97 Å². The summed E-state index contributed by atoms with van der Waals surface area (Å²) in [4.78, 5) is 13.9. The molecule has 0 aliphatic carbocycles. The first-order valence-corrected chi connectivity index (χ1v) is 7.08. The van der Waals surface area contributed by atoms with E-state index in [0.29, 0.717) is 17.2 Å². The van der Waals surface area contributed by atoms with E-state index in [1.165, 1.54) is 20.1 Å². The van der Waals surface area contributed by atoms with Crippen molar-refractivity contribution < 1.29 is 9.53 Å². The van der Waals surface area contributed by atoms with Gasteiger partial charge >= 0.3 is 5.97 Å². The lowest BCUT2D eigenvalue weighted by Crippen LogP contribution is -2.22. The predicted molar refractivity (Wildman–Crippen MR) is 80.9 cm³/mol. The van der Waals surface area contributed by atoms with Gasteiger partial charge in [-0.05, 0) is 43.6 Å². The molecule has 1 heterocycles. The summed E-state index contributed by atoms with van der Waals surface area (Å²) in [6, 6.07) is 5.23. The molecule has 20 heavy (non-hydrogen) atoms. The molecule has 1 aromatic rings. The van der Waals surface area contributed by atoms with Gasteiger partial charge in [0, 0.05) is 13.1 Å². The van der Waals surface area contributed by atoms with E-state index in [4.69, 9.17) is 5.73 Å². The normalized spacial score (nSPS) is 19.0. The summed E-state index contributed by atoms with van der Waals surface area (Å²) < 4.78 is 4.68. The maximum absolute atomic E-state index is 11.4. The molecular weight excluding hydrogens is 254 g/mol. The Balaban J connectivity index is 1.92. The van der Waals surface area contributed by atoms with Gasteiger partial charge in [0.15, 0.2) is 0 Å². The Labute approximate surface area is 120 Å². The molecule has 0 radical (unpaired) electrons. The number of hydrogen-bond donors (Lipinski definition) is 2. The molecule has 5 heteroatoms. The number of ether oxygens (including phenoxy) is 1. The number of rotatable bonds is 5. The zero-order valence-corrected chi connectivity index (χ0v) is 12.2. The Morgan fingerprint density at radius 2 is 2.35 bits per heavy atom. The number of hydrogen-bond acceptors (Lipinski definition) is 5. The van der Waals surface area contributed by atoms with Crippen LogP contribution in [0, 0.1) is 5.92 Å². The zero-order chi connectivity index (χ0) is 14.5. The highest BCUT2D eigenvalue weighted by Gasteiger charge is 2.20. The Kier molecular flexibility index (Phi) is 4.84. The van der Waals surface area contributed by atoms with Crippen LogP contribution in [0.3, 0.4) is 0 Å². The lowest BCUT2D eigenvalue weighted by atomic mass is 10.1. The van der Waals surface area contributed by atoms with Gasteiger partial charge in [-0.15, -0.1) is 0 Å². The third-order valence-corrected chi connectivity index (χ3v) is 3.87. The van der Waals surface area contributed by atoms with Crippen LogP contribution in [0.1, 0.15) is 23.7 Å². The van der Waals surface area contributed by atoms with E-state index >= 15 is 0 Å². The topological polar surface area (TPSA) is 67.6 Å². The minimum atomic E-state index is -0.363. The van der Waals surface area contributed by atoms with Gasteiger partial charge in [-0.25, -0.2) is 4.79 Å². The predicted octanol–water partition coefficient (Wildman–Crippen LogP) is 1.81. The standard InChI is InChI=1S/C15H23N3O2/c1-3-18-7-6-11(10-18)9-17-14-5-4-12(8-13(14)16)15(19)20-2/h4-5,8,11,17H,3,6-7,9-10,16H2,1-2H3. The minimum Gasteiger partial charge on any atom is -0.465 e. The number of esters is 1. The molecule has 1 unspecified atom stereocenters. The highest BCUT2D eigenvalue weighted by Crippen LogP contribution is 2.22. The first-order valence-electron chi connectivity index (χ1n) is 7.08. The minimum absolute atomic E-state index is 0.363. The van der Waals surface area contributed by atoms with E-state index < -0.39 is 0 Å². The van der Waals surface area contributed by atoms with Crippen molar-refractivity contribution in [3.63, 3.8) is 0 Å². The van der Waals surface area contributed by atoms with Gasteiger partial charge in [-0.1, -0.05) is 6.92 Å². The fraction of sp³-hybridized carbons (Fsp3) is 0.533. The van der Waals surface area contributed by atoms with Crippen molar-refractivity contribution in [3.8, 4) is 0 Å². The second kappa shape index (κ2) is 6.61. The van der Waals surface area contributed by atoms with Crippen LogP contribution in [0.4, 0.5) is 11.4 Å². The van der Waals surface area contributed by atoms with Crippen LogP contribution in [-0.4, -0.2) is 44.2 Å². The molecule has 0 bridgehead atoms.